The molecular formula is C19H33N3O5S. The fourth-order valence-corrected chi connectivity index (χ4v) is 4.97. The van der Waals surface area contributed by atoms with E-state index in [9.17, 15) is 14.4 Å². The van der Waals surface area contributed by atoms with Crippen molar-refractivity contribution in [2.45, 2.75) is 62.8 Å². The third kappa shape index (κ3) is 8.79. The lowest BCUT2D eigenvalue weighted by Crippen LogP contribution is -2.36. The van der Waals surface area contributed by atoms with Crippen LogP contribution in [0.1, 0.15) is 45.4 Å². The van der Waals surface area contributed by atoms with Gasteiger partial charge in [-0.3, -0.25) is 9.59 Å². The number of carbonyl (C=O) groups is 3. The molecule has 0 aromatic rings. The van der Waals surface area contributed by atoms with Crippen LogP contribution in [-0.4, -0.2) is 73.8 Å². The van der Waals surface area contributed by atoms with Crippen molar-refractivity contribution in [3.8, 4) is 0 Å². The topological polar surface area (TPSA) is 106 Å². The monoisotopic (exact) mass is 415 g/mol. The number of hydrogen-bond acceptors (Lipinski definition) is 6. The van der Waals surface area contributed by atoms with E-state index in [1.54, 1.807) is 0 Å². The van der Waals surface area contributed by atoms with E-state index < -0.39 is 0 Å². The first kappa shape index (κ1) is 23.0. The quantitative estimate of drug-likeness (QED) is 0.274. The van der Waals surface area contributed by atoms with Crippen molar-refractivity contribution < 1.29 is 23.9 Å². The van der Waals surface area contributed by atoms with Gasteiger partial charge in [0.2, 0.25) is 5.91 Å². The predicted octanol–water partition coefficient (Wildman–Crippen LogP) is 1.23. The maximum Gasteiger partial charge on any atom is 0.315 e. The van der Waals surface area contributed by atoms with Gasteiger partial charge in [-0.2, -0.15) is 11.8 Å². The Kier molecular flexibility index (Phi) is 10.7. The fourth-order valence-electron chi connectivity index (χ4n) is 3.43. The Morgan fingerprint density at radius 1 is 1.07 bits per heavy atom. The number of unbranched alkanes of at least 4 members (excludes halogenated alkanes) is 1. The molecule has 0 saturated carbocycles. The zero-order chi connectivity index (χ0) is 20.2. The number of rotatable bonds is 15. The van der Waals surface area contributed by atoms with Crippen molar-refractivity contribution in [3.05, 3.63) is 0 Å². The summed E-state index contributed by atoms with van der Waals surface area (Å²) in [5.41, 5.74) is 0. The molecule has 3 N–H and O–H groups in total. The molecule has 2 rings (SSSR count). The van der Waals surface area contributed by atoms with Gasteiger partial charge in [-0.05, 0) is 19.3 Å². The smallest absolute Gasteiger partial charge is 0.315 e. The summed E-state index contributed by atoms with van der Waals surface area (Å²) >= 11 is 1.92. The van der Waals surface area contributed by atoms with Crippen molar-refractivity contribution in [2.75, 3.05) is 38.7 Å². The maximum absolute atomic E-state index is 11.9. The van der Waals surface area contributed by atoms with Crippen LogP contribution in [0.4, 0.5) is 4.79 Å². The van der Waals surface area contributed by atoms with Gasteiger partial charge in [0.1, 0.15) is 5.78 Å². The van der Waals surface area contributed by atoms with Gasteiger partial charge in [0.25, 0.3) is 0 Å². The highest BCUT2D eigenvalue weighted by Crippen LogP contribution is 2.33. The molecule has 0 spiro atoms. The molecule has 9 heteroatoms. The van der Waals surface area contributed by atoms with Crippen LogP contribution in [-0.2, 0) is 19.1 Å². The summed E-state index contributed by atoms with van der Waals surface area (Å²) in [6.07, 6.45) is 4.91. The predicted molar refractivity (Wildman–Crippen MR) is 109 cm³/mol. The molecule has 28 heavy (non-hydrogen) atoms. The Balaban J connectivity index is 1.36. The second-order valence-electron chi connectivity index (χ2n) is 7.22. The van der Waals surface area contributed by atoms with Crippen molar-refractivity contribution >= 4 is 29.5 Å². The molecule has 3 amide bonds. The molecule has 2 saturated heterocycles. The van der Waals surface area contributed by atoms with E-state index >= 15 is 0 Å². The number of thioether (sulfide) groups is 1. The number of nitrogens with one attached hydrogen (secondary N) is 3. The van der Waals surface area contributed by atoms with E-state index in [1.807, 2.05) is 11.8 Å². The van der Waals surface area contributed by atoms with E-state index in [4.69, 9.17) is 9.47 Å². The van der Waals surface area contributed by atoms with Crippen molar-refractivity contribution in [2.24, 2.45) is 0 Å². The molecule has 2 heterocycles. The maximum atomic E-state index is 11.9. The summed E-state index contributed by atoms with van der Waals surface area (Å²) in [5, 5.41) is 9.07. The average molecular weight is 416 g/mol. The molecule has 2 aliphatic heterocycles. The van der Waals surface area contributed by atoms with Crippen LogP contribution in [0, 0.1) is 0 Å². The highest BCUT2D eigenvalue weighted by molar-refractivity contribution is 8.00. The second kappa shape index (κ2) is 13.0. The molecule has 2 aliphatic rings. The van der Waals surface area contributed by atoms with Gasteiger partial charge in [0.05, 0.1) is 31.9 Å². The van der Waals surface area contributed by atoms with Gasteiger partial charge in [-0.15, -0.1) is 0 Å². The molecule has 3 atom stereocenters. The minimum Gasteiger partial charge on any atom is -0.379 e. The summed E-state index contributed by atoms with van der Waals surface area (Å²) in [6.45, 7) is 4.02. The van der Waals surface area contributed by atoms with Crippen LogP contribution in [0.5, 0.6) is 0 Å². The van der Waals surface area contributed by atoms with Crippen LogP contribution in [0.2, 0.25) is 0 Å². The van der Waals surface area contributed by atoms with E-state index in [-0.39, 0.29) is 24.0 Å². The summed E-state index contributed by atoms with van der Waals surface area (Å²) in [6, 6.07) is 0.473. The standard InChI is InChI=1S/C19H33N3O5S/c1-14(23)20-8-10-27-12-11-26-9-4-6-15(24)5-2-3-7-17-18-16(13-28-17)21-19(25)22-18/h16-18H,2-13H2,1H3,(H,20,23)(H2,21,22,25). The number of fused-ring (bicyclic) bond motifs is 1. The summed E-state index contributed by atoms with van der Waals surface area (Å²) in [4.78, 5) is 34.0. The Hall–Kier alpha value is -1.32. The first-order valence-electron chi connectivity index (χ1n) is 10.2. The third-order valence-electron chi connectivity index (χ3n) is 4.87. The normalized spacial score (nSPS) is 23.2. The van der Waals surface area contributed by atoms with Crippen LogP contribution in [0.3, 0.4) is 0 Å². The minimum absolute atomic E-state index is 0.0470. The van der Waals surface area contributed by atoms with Gasteiger partial charge in [0.15, 0.2) is 0 Å². The number of ether oxygens (including phenoxy) is 2. The van der Waals surface area contributed by atoms with E-state index in [2.05, 4.69) is 16.0 Å². The highest BCUT2D eigenvalue weighted by Gasteiger charge is 2.42. The van der Waals surface area contributed by atoms with Crippen molar-refractivity contribution in [3.63, 3.8) is 0 Å². The molecule has 3 unspecified atom stereocenters. The average Bonchev–Trinajstić information content (AvgIpc) is 3.19. The van der Waals surface area contributed by atoms with E-state index in [1.165, 1.54) is 6.92 Å². The molecule has 0 aromatic heterocycles. The zero-order valence-corrected chi connectivity index (χ0v) is 17.5. The number of Topliss-reactive ketones (excluding diaryl/α,β-unsaturated/α-hetero) is 1. The Bertz CT molecular complexity index is 520. The van der Waals surface area contributed by atoms with Crippen molar-refractivity contribution in [1.82, 2.24) is 16.0 Å². The second-order valence-corrected chi connectivity index (χ2v) is 8.49. The van der Waals surface area contributed by atoms with Gasteiger partial charge in [-0.1, -0.05) is 6.42 Å². The third-order valence-corrected chi connectivity index (χ3v) is 6.38. The molecule has 0 radical (unpaired) electrons. The number of ketones is 1. The Labute approximate surface area is 171 Å². The first-order chi connectivity index (χ1) is 13.6. The van der Waals surface area contributed by atoms with Crippen LogP contribution in [0.15, 0.2) is 0 Å². The largest absolute Gasteiger partial charge is 0.379 e. The zero-order valence-electron chi connectivity index (χ0n) is 16.7. The van der Waals surface area contributed by atoms with Gasteiger partial charge < -0.3 is 25.4 Å². The van der Waals surface area contributed by atoms with E-state index in [0.29, 0.717) is 56.8 Å². The van der Waals surface area contributed by atoms with Gasteiger partial charge in [-0.25, -0.2) is 4.79 Å². The molecule has 160 valence electrons. The van der Waals surface area contributed by atoms with Gasteiger partial charge >= 0.3 is 6.03 Å². The first-order valence-corrected chi connectivity index (χ1v) is 11.2. The summed E-state index contributed by atoms with van der Waals surface area (Å²) in [7, 11) is 0. The molecule has 8 nitrogen and oxygen atoms in total. The van der Waals surface area contributed by atoms with Gasteiger partial charge in [0, 0.05) is 43.9 Å². The molecule has 0 aromatic carbocycles. The lowest BCUT2D eigenvalue weighted by molar-refractivity contribution is -0.120. The van der Waals surface area contributed by atoms with Crippen LogP contribution in [0.25, 0.3) is 0 Å². The Morgan fingerprint density at radius 3 is 2.61 bits per heavy atom. The number of carbonyl (C=O) groups excluding carboxylic acids is 3. The summed E-state index contributed by atoms with van der Waals surface area (Å²) < 4.78 is 10.8. The fraction of sp³-hybridized carbons (Fsp3) is 0.842. The molecular weight excluding hydrogens is 382 g/mol. The molecule has 2 fully saturated rings. The lowest BCUT2D eigenvalue weighted by atomic mass is 10.0. The number of urea groups is 1. The van der Waals surface area contributed by atoms with Crippen molar-refractivity contribution in [1.29, 1.82) is 0 Å². The highest BCUT2D eigenvalue weighted by atomic mass is 32.2. The lowest BCUT2D eigenvalue weighted by Gasteiger charge is -2.16. The number of hydrogen-bond donors (Lipinski definition) is 3. The van der Waals surface area contributed by atoms with Crippen LogP contribution >= 0.6 is 11.8 Å². The molecule has 0 aliphatic carbocycles. The van der Waals surface area contributed by atoms with E-state index in [0.717, 1.165) is 31.4 Å². The molecule has 0 bridgehead atoms. The number of amides is 3. The Morgan fingerprint density at radius 2 is 1.82 bits per heavy atom. The van der Waals surface area contributed by atoms with Crippen LogP contribution < -0.4 is 16.0 Å². The minimum atomic E-state index is -0.0600. The summed E-state index contributed by atoms with van der Waals surface area (Å²) in [5.74, 6) is 1.21. The SMILES string of the molecule is CC(=O)NCCOCCOCCCC(=O)CCCCC1SCC2NC(=O)NC21.